The first-order chi connectivity index (χ1) is 18.6. The van der Waals surface area contributed by atoms with Crippen molar-refractivity contribution in [2.45, 2.75) is 62.7 Å². The number of carboxylic acids is 1. The predicted molar refractivity (Wildman–Crippen MR) is 148 cm³/mol. The number of hydrogen-bond donors (Lipinski definition) is 6. The number of carbonyl (C=O) groups excluding carboxylic acids is 4. The summed E-state index contributed by atoms with van der Waals surface area (Å²) in [5, 5.41) is 15.7. The van der Waals surface area contributed by atoms with Crippen molar-refractivity contribution in [3.63, 3.8) is 0 Å². The molecule has 2 aromatic rings. The van der Waals surface area contributed by atoms with Gasteiger partial charge in [0.05, 0.1) is 6.04 Å². The van der Waals surface area contributed by atoms with Crippen LogP contribution in [0.3, 0.4) is 0 Å². The molecule has 4 atom stereocenters. The number of aliphatic carboxylic acids is 1. The van der Waals surface area contributed by atoms with E-state index in [1.54, 1.807) is 6.20 Å². The molecule has 0 radical (unpaired) electrons. The Kier molecular flexibility index (Phi) is 10.8. The van der Waals surface area contributed by atoms with Crippen molar-refractivity contribution in [3.8, 4) is 0 Å². The van der Waals surface area contributed by atoms with Crippen molar-refractivity contribution >= 4 is 52.3 Å². The summed E-state index contributed by atoms with van der Waals surface area (Å²) in [5.41, 5.74) is 12.8. The Bertz CT molecular complexity index is 1200. The van der Waals surface area contributed by atoms with Crippen LogP contribution in [0.4, 0.5) is 0 Å². The molecule has 1 aromatic heterocycles. The molecule has 1 aliphatic heterocycles. The number of carboxylic acid groups (broad SMARTS) is 1. The highest BCUT2D eigenvalue weighted by Crippen LogP contribution is 2.23. The summed E-state index contributed by atoms with van der Waals surface area (Å²) in [7, 11) is 0. The van der Waals surface area contributed by atoms with Crippen molar-refractivity contribution in [1.82, 2.24) is 20.5 Å². The van der Waals surface area contributed by atoms with Gasteiger partial charge in [-0.15, -0.1) is 0 Å². The second-order valence-electron chi connectivity index (χ2n) is 9.61. The summed E-state index contributed by atoms with van der Waals surface area (Å²) >= 11 is 1.47. The number of thioether (sulfide) groups is 1. The molecule has 39 heavy (non-hydrogen) atoms. The van der Waals surface area contributed by atoms with Crippen molar-refractivity contribution < 1.29 is 29.1 Å². The summed E-state index contributed by atoms with van der Waals surface area (Å²) in [6, 6.07) is 3.51. The third kappa shape index (κ3) is 7.96. The fourth-order valence-electron chi connectivity index (χ4n) is 4.69. The molecule has 1 aliphatic rings. The van der Waals surface area contributed by atoms with Gasteiger partial charge in [-0.1, -0.05) is 18.2 Å². The first-order valence-electron chi connectivity index (χ1n) is 12.8. The van der Waals surface area contributed by atoms with Gasteiger partial charge in [0, 0.05) is 36.5 Å². The lowest BCUT2D eigenvalue weighted by atomic mass is 10.0. The van der Waals surface area contributed by atoms with Crippen LogP contribution in [0, 0.1) is 0 Å². The van der Waals surface area contributed by atoms with Crippen LogP contribution < -0.4 is 22.1 Å². The molecule has 4 amide bonds. The van der Waals surface area contributed by atoms with E-state index >= 15 is 0 Å². The first-order valence-corrected chi connectivity index (χ1v) is 14.2. The average molecular weight is 561 g/mol. The Labute approximate surface area is 230 Å². The highest BCUT2D eigenvalue weighted by Gasteiger charge is 2.39. The Morgan fingerprint density at radius 1 is 1.15 bits per heavy atom. The Hall–Kier alpha value is -3.58. The lowest BCUT2D eigenvalue weighted by Crippen LogP contribution is -2.57. The number of hydrogen-bond acceptors (Lipinski definition) is 7. The molecule has 1 aromatic carbocycles. The number of rotatable bonds is 14. The number of aromatic nitrogens is 1. The van der Waals surface area contributed by atoms with Crippen molar-refractivity contribution in [2.75, 3.05) is 18.6 Å². The molecule has 0 spiro atoms. The SMILES string of the molecule is CSCCC(NC(=O)C1CCCN1C(=O)C(Cc1c[nH]c2ccccc12)NC(=O)C(N)CCC(N)=O)C(=O)O. The minimum absolute atomic E-state index is 0.0243. The van der Waals surface area contributed by atoms with Gasteiger partial charge in [0.25, 0.3) is 0 Å². The number of aromatic amines is 1. The topological polar surface area (TPSA) is 201 Å². The number of fused-ring (bicyclic) bond motifs is 1. The van der Waals surface area contributed by atoms with Gasteiger partial charge < -0.3 is 37.1 Å². The van der Waals surface area contributed by atoms with Crippen molar-refractivity contribution in [3.05, 3.63) is 36.0 Å². The Morgan fingerprint density at radius 2 is 1.90 bits per heavy atom. The standard InChI is InChI=1S/C26H36N6O6S/c1-39-12-10-19(26(37)38)30-24(35)21-7-4-11-32(21)25(36)20(31-23(34)17(27)8-9-22(28)33)13-15-14-29-18-6-3-2-5-16(15)18/h2-3,5-6,14,17,19-21,29H,4,7-13,27H2,1H3,(H2,28,33)(H,30,35)(H,31,34)(H,37,38). The molecule has 2 heterocycles. The maximum Gasteiger partial charge on any atom is 0.326 e. The zero-order chi connectivity index (χ0) is 28.5. The highest BCUT2D eigenvalue weighted by molar-refractivity contribution is 7.98. The number of nitrogens with zero attached hydrogens (tertiary/aromatic N) is 1. The van der Waals surface area contributed by atoms with Crippen LogP contribution in [-0.4, -0.2) is 87.3 Å². The molecule has 8 N–H and O–H groups in total. The number of carbonyl (C=O) groups is 5. The van der Waals surface area contributed by atoms with E-state index in [2.05, 4.69) is 15.6 Å². The van der Waals surface area contributed by atoms with Gasteiger partial charge in [0.15, 0.2) is 0 Å². The third-order valence-electron chi connectivity index (χ3n) is 6.82. The lowest BCUT2D eigenvalue weighted by Gasteiger charge is -2.30. The first kappa shape index (κ1) is 30.0. The van der Waals surface area contributed by atoms with Gasteiger partial charge in [0.2, 0.25) is 23.6 Å². The van der Waals surface area contributed by atoms with Crippen LogP contribution in [0.1, 0.15) is 37.7 Å². The maximum atomic E-state index is 13.8. The maximum absolute atomic E-state index is 13.8. The highest BCUT2D eigenvalue weighted by atomic mass is 32.2. The van der Waals surface area contributed by atoms with Crippen molar-refractivity contribution in [2.24, 2.45) is 11.5 Å². The zero-order valence-electron chi connectivity index (χ0n) is 21.9. The van der Waals surface area contributed by atoms with Crippen LogP contribution in [0.2, 0.25) is 0 Å². The van der Waals surface area contributed by atoms with E-state index in [4.69, 9.17) is 11.5 Å². The van der Waals surface area contributed by atoms with Crippen LogP contribution >= 0.6 is 11.8 Å². The van der Waals surface area contributed by atoms with E-state index in [9.17, 15) is 29.1 Å². The molecule has 212 valence electrons. The van der Waals surface area contributed by atoms with Crippen LogP contribution in [0.5, 0.6) is 0 Å². The van der Waals surface area contributed by atoms with Gasteiger partial charge in [-0.2, -0.15) is 11.8 Å². The van der Waals surface area contributed by atoms with E-state index in [0.717, 1.165) is 16.5 Å². The molecule has 0 saturated carbocycles. The van der Waals surface area contributed by atoms with E-state index in [1.807, 2.05) is 30.5 Å². The molecule has 0 aliphatic carbocycles. The summed E-state index contributed by atoms with van der Waals surface area (Å²) < 4.78 is 0. The number of benzene rings is 1. The van der Waals surface area contributed by atoms with E-state index < -0.39 is 53.8 Å². The van der Waals surface area contributed by atoms with Gasteiger partial charge in [0.1, 0.15) is 18.1 Å². The Balaban J connectivity index is 1.81. The van der Waals surface area contributed by atoms with Crippen LogP contribution in [0.15, 0.2) is 30.5 Å². The summed E-state index contributed by atoms with van der Waals surface area (Å²) in [5.74, 6) is -2.79. The predicted octanol–water partition coefficient (Wildman–Crippen LogP) is 0.102. The Morgan fingerprint density at radius 3 is 2.59 bits per heavy atom. The fraction of sp³-hybridized carbons (Fsp3) is 0.500. The molecule has 13 heteroatoms. The largest absolute Gasteiger partial charge is 0.480 e. The van der Waals surface area contributed by atoms with Crippen LogP contribution in [0.25, 0.3) is 10.9 Å². The summed E-state index contributed by atoms with van der Waals surface area (Å²) in [6.45, 7) is 0.285. The summed E-state index contributed by atoms with van der Waals surface area (Å²) in [6.07, 6.45) is 4.87. The van der Waals surface area contributed by atoms with E-state index in [0.29, 0.717) is 18.6 Å². The molecule has 0 bridgehead atoms. The van der Waals surface area contributed by atoms with Gasteiger partial charge in [-0.25, -0.2) is 4.79 Å². The number of para-hydroxylation sites is 1. The second-order valence-corrected chi connectivity index (χ2v) is 10.6. The number of primary amides is 1. The minimum atomic E-state index is -1.14. The normalized spacial score (nSPS) is 17.4. The minimum Gasteiger partial charge on any atom is -0.480 e. The molecule has 1 saturated heterocycles. The second kappa shape index (κ2) is 14.0. The van der Waals surface area contributed by atoms with Gasteiger partial charge in [-0.05, 0) is 49.3 Å². The lowest BCUT2D eigenvalue weighted by molar-refractivity contribution is -0.145. The molecule has 3 rings (SSSR count). The molecular weight excluding hydrogens is 524 g/mol. The number of H-pyrrole nitrogens is 1. The fourth-order valence-corrected chi connectivity index (χ4v) is 5.16. The number of nitrogens with one attached hydrogen (secondary N) is 3. The van der Waals surface area contributed by atoms with Crippen LogP contribution in [-0.2, 0) is 30.4 Å². The monoisotopic (exact) mass is 560 g/mol. The third-order valence-corrected chi connectivity index (χ3v) is 7.46. The van der Waals surface area contributed by atoms with Gasteiger partial charge in [-0.3, -0.25) is 19.2 Å². The van der Waals surface area contributed by atoms with E-state index in [-0.39, 0.29) is 32.2 Å². The molecule has 4 unspecified atom stereocenters. The van der Waals surface area contributed by atoms with Gasteiger partial charge >= 0.3 is 5.97 Å². The smallest absolute Gasteiger partial charge is 0.326 e. The molecule has 12 nitrogen and oxygen atoms in total. The average Bonchev–Trinajstić information content (AvgIpc) is 3.56. The zero-order valence-corrected chi connectivity index (χ0v) is 22.7. The number of amides is 4. The number of nitrogens with two attached hydrogens (primary N) is 2. The number of likely N-dealkylation sites (tertiary alicyclic amines) is 1. The van der Waals surface area contributed by atoms with E-state index in [1.165, 1.54) is 16.7 Å². The molecule has 1 fully saturated rings. The summed E-state index contributed by atoms with van der Waals surface area (Å²) in [4.78, 5) is 67.2. The molecular formula is C26H36N6O6S. The quantitative estimate of drug-likeness (QED) is 0.187. The van der Waals surface area contributed by atoms with Crippen molar-refractivity contribution in [1.29, 1.82) is 0 Å².